The first-order valence-corrected chi connectivity index (χ1v) is 4.03. The zero-order valence-corrected chi connectivity index (χ0v) is 7.72. The molecule has 1 fully saturated rings. The third-order valence-electron chi connectivity index (χ3n) is 1.98. The van der Waals surface area contributed by atoms with Gasteiger partial charge in [0.1, 0.15) is 0 Å². The summed E-state index contributed by atoms with van der Waals surface area (Å²) in [6.07, 6.45) is 3.94. The van der Waals surface area contributed by atoms with Gasteiger partial charge < -0.3 is 10.2 Å². The van der Waals surface area contributed by atoms with Crippen LogP contribution >= 0.6 is 0 Å². The van der Waals surface area contributed by atoms with E-state index in [9.17, 15) is 4.79 Å². The van der Waals surface area contributed by atoms with E-state index < -0.39 is 0 Å². The maximum absolute atomic E-state index is 11.2. The van der Waals surface area contributed by atoms with Gasteiger partial charge >= 0.3 is 6.03 Å². The minimum atomic E-state index is -0.0336. The topological polar surface area (TPSA) is 32.3 Å². The number of nitrogens with zero attached hydrogens (tertiary/aromatic N) is 1. The number of urea groups is 1. The number of rotatable bonds is 0. The number of hydrogen-bond acceptors (Lipinski definition) is 1. The van der Waals surface area contributed by atoms with Gasteiger partial charge in [0.15, 0.2) is 0 Å². The molecule has 0 aromatic rings. The van der Waals surface area contributed by atoms with E-state index in [1.54, 1.807) is 11.9 Å². The van der Waals surface area contributed by atoms with Gasteiger partial charge in [-0.15, -0.1) is 0 Å². The van der Waals surface area contributed by atoms with Crippen LogP contribution in [-0.2, 0) is 0 Å². The Kier molecular flexibility index (Phi) is 2.53. The molecule has 3 nitrogen and oxygen atoms in total. The van der Waals surface area contributed by atoms with E-state index in [1.807, 2.05) is 26.0 Å². The molecule has 1 N–H and O–H groups in total. The second-order valence-corrected chi connectivity index (χ2v) is 2.80. The van der Waals surface area contributed by atoms with Crippen LogP contribution in [0.3, 0.4) is 0 Å². The van der Waals surface area contributed by atoms with Crippen molar-refractivity contribution in [2.75, 3.05) is 13.6 Å². The summed E-state index contributed by atoms with van der Waals surface area (Å²) in [5, 5.41) is 2.80. The number of hydrogen-bond donors (Lipinski definition) is 1. The Morgan fingerprint density at radius 3 is 2.58 bits per heavy atom. The lowest BCUT2D eigenvalue weighted by Gasteiger charge is -2.27. The minimum Gasteiger partial charge on any atom is -0.323 e. The van der Waals surface area contributed by atoms with Gasteiger partial charge in [0.25, 0.3) is 0 Å². The van der Waals surface area contributed by atoms with Gasteiger partial charge in [0.05, 0.1) is 0 Å². The standard InChI is InChI=1S/C9H14N2O/c1-4-7-6-11(3)9(12)10-8(7)5-2/h4-5H,6H2,1-3H3,(H,10,12)/b7-4-,8-5+. The summed E-state index contributed by atoms with van der Waals surface area (Å²) in [5.74, 6) is 0. The molecule has 0 aromatic heterocycles. The van der Waals surface area contributed by atoms with Crippen LogP contribution in [0.5, 0.6) is 0 Å². The Hall–Kier alpha value is -1.25. The monoisotopic (exact) mass is 166 g/mol. The number of amides is 2. The van der Waals surface area contributed by atoms with Crippen molar-refractivity contribution in [3.8, 4) is 0 Å². The van der Waals surface area contributed by atoms with Crippen molar-refractivity contribution in [1.29, 1.82) is 0 Å². The molecule has 0 atom stereocenters. The van der Waals surface area contributed by atoms with E-state index >= 15 is 0 Å². The maximum atomic E-state index is 11.2. The summed E-state index contributed by atoms with van der Waals surface area (Å²) in [7, 11) is 1.78. The molecule has 2 amide bonds. The van der Waals surface area contributed by atoms with E-state index in [1.165, 1.54) is 5.57 Å². The van der Waals surface area contributed by atoms with Gasteiger partial charge in [-0.3, -0.25) is 0 Å². The lowest BCUT2D eigenvalue weighted by molar-refractivity contribution is 0.211. The molecular weight excluding hydrogens is 152 g/mol. The second kappa shape index (κ2) is 3.43. The summed E-state index contributed by atoms with van der Waals surface area (Å²) >= 11 is 0. The molecule has 3 heteroatoms. The van der Waals surface area contributed by atoms with Crippen LogP contribution < -0.4 is 5.32 Å². The molecular formula is C9H14N2O. The molecule has 0 bridgehead atoms. The Labute approximate surface area is 72.7 Å². The van der Waals surface area contributed by atoms with Crippen LogP contribution in [-0.4, -0.2) is 24.5 Å². The van der Waals surface area contributed by atoms with Crippen molar-refractivity contribution in [3.63, 3.8) is 0 Å². The van der Waals surface area contributed by atoms with Crippen LogP contribution in [0, 0.1) is 0 Å². The molecule has 0 radical (unpaired) electrons. The molecule has 66 valence electrons. The predicted octanol–water partition coefficient (Wildman–Crippen LogP) is 1.49. The predicted molar refractivity (Wildman–Crippen MR) is 48.7 cm³/mol. The van der Waals surface area contributed by atoms with Crippen LogP contribution in [0.25, 0.3) is 0 Å². The first-order chi connectivity index (χ1) is 5.69. The fourth-order valence-electron chi connectivity index (χ4n) is 1.21. The zero-order valence-electron chi connectivity index (χ0n) is 7.72. The lowest BCUT2D eigenvalue weighted by atomic mass is 10.1. The normalized spacial score (nSPS) is 24.9. The van der Waals surface area contributed by atoms with Crippen molar-refractivity contribution in [1.82, 2.24) is 10.2 Å². The van der Waals surface area contributed by atoms with Gasteiger partial charge in [-0.2, -0.15) is 0 Å². The van der Waals surface area contributed by atoms with Gasteiger partial charge in [-0.1, -0.05) is 12.2 Å². The molecule has 0 spiro atoms. The first-order valence-electron chi connectivity index (χ1n) is 4.03. The third kappa shape index (κ3) is 1.49. The van der Waals surface area contributed by atoms with Crippen LogP contribution in [0.15, 0.2) is 23.4 Å². The molecule has 1 aliphatic heterocycles. The van der Waals surface area contributed by atoms with Crippen molar-refractivity contribution >= 4 is 6.03 Å². The van der Waals surface area contributed by atoms with E-state index in [2.05, 4.69) is 5.32 Å². The first kappa shape index (κ1) is 8.84. The number of carbonyl (C=O) groups excluding carboxylic acids is 1. The summed E-state index contributed by atoms with van der Waals surface area (Å²) < 4.78 is 0. The van der Waals surface area contributed by atoms with E-state index in [4.69, 9.17) is 0 Å². The highest BCUT2D eigenvalue weighted by atomic mass is 16.2. The molecule has 0 aliphatic carbocycles. The summed E-state index contributed by atoms with van der Waals surface area (Å²) in [6, 6.07) is -0.0336. The van der Waals surface area contributed by atoms with Crippen LogP contribution in [0.2, 0.25) is 0 Å². The quantitative estimate of drug-likeness (QED) is 0.581. The Morgan fingerprint density at radius 2 is 2.08 bits per heavy atom. The molecule has 0 saturated carbocycles. The largest absolute Gasteiger partial charge is 0.323 e. The zero-order chi connectivity index (χ0) is 9.14. The van der Waals surface area contributed by atoms with Gasteiger partial charge in [-0.05, 0) is 19.4 Å². The third-order valence-corrected chi connectivity index (χ3v) is 1.98. The highest BCUT2D eigenvalue weighted by molar-refractivity contribution is 5.79. The fraction of sp³-hybridized carbons (Fsp3) is 0.444. The second-order valence-electron chi connectivity index (χ2n) is 2.80. The number of likely N-dealkylation sites (N-methyl/N-ethyl adjacent to an activating group) is 1. The Balaban J connectivity index is 2.86. The molecule has 12 heavy (non-hydrogen) atoms. The van der Waals surface area contributed by atoms with Crippen molar-refractivity contribution in [2.24, 2.45) is 0 Å². The molecule has 1 rings (SSSR count). The van der Waals surface area contributed by atoms with Crippen LogP contribution in [0.1, 0.15) is 13.8 Å². The molecule has 0 aromatic carbocycles. The average molecular weight is 166 g/mol. The number of carbonyl (C=O) groups is 1. The molecule has 1 aliphatic rings. The van der Waals surface area contributed by atoms with Crippen molar-refractivity contribution < 1.29 is 4.79 Å². The van der Waals surface area contributed by atoms with Gasteiger partial charge in [0, 0.05) is 19.3 Å². The number of allylic oxidation sites excluding steroid dienone is 2. The number of nitrogens with one attached hydrogen (secondary N) is 1. The highest BCUT2D eigenvalue weighted by Gasteiger charge is 2.19. The molecule has 1 heterocycles. The lowest BCUT2D eigenvalue weighted by Crippen LogP contribution is -2.43. The van der Waals surface area contributed by atoms with Crippen molar-refractivity contribution in [2.45, 2.75) is 13.8 Å². The SMILES string of the molecule is C/C=C1/CN(C)C(=O)N/C1=C/C. The highest BCUT2D eigenvalue weighted by Crippen LogP contribution is 2.13. The summed E-state index contributed by atoms with van der Waals surface area (Å²) in [4.78, 5) is 12.8. The Morgan fingerprint density at radius 1 is 1.42 bits per heavy atom. The molecule has 1 saturated heterocycles. The summed E-state index contributed by atoms with van der Waals surface area (Å²) in [6.45, 7) is 4.59. The van der Waals surface area contributed by atoms with Crippen LogP contribution in [0.4, 0.5) is 4.79 Å². The van der Waals surface area contributed by atoms with E-state index in [-0.39, 0.29) is 6.03 Å². The van der Waals surface area contributed by atoms with E-state index in [0.717, 1.165) is 5.70 Å². The summed E-state index contributed by atoms with van der Waals surface area (Å²) in [5.41, 5.74) is 2.10. The van der Waals surface area contributed by atoms with Crippen molar-refractivity contribution in [3.05, 3.63) is 23.4 Å². The van der Waals surface area contributed by atoms with E-state index in [0.29, 0.717) is 6.54 Å². The molecule has 0 unspecified atom stereocenters. The smallest absolute Gasteiger partial charge is 0.321 e. The average Bonchev–Trinajstić information content (AvgIpc) is 2.09. The Bertz CT molecular complexity index is 253. The fourth-order valence-corrected chi connectivity index (χ4v) is 1.21. The minimum absolute atomic E-state index is 0.0336. The van der Waals surface area contributed by atoms with Gasteiger partial charge in [0.2, 0.25) is 0 Å². The van der Waals surface area contributed by atoms with Gasteiger partial charge in [-0.25, -0.2) is 4.79 Å². The maximum Gasteiger partial charge on any atom is 0.321 e.